The highest BCUT2D eigenvalue weighted by atomic mass is 32.1. The average molecular weight is 386 g/mol. The topological polar surface area (TPSA) is 127 Å². The summed E-state index contributed by atoms with van der Waals surface area (Å²) >= 11 is 1.20. The summed E-state index contributed by atoms with van der Waals surface area (Å²) in [6.45, 7) is 1.60. The first-order chi connectivity index (χ1) is 12.9. The van der Waals surface area contributed by atoms with Crippen LogP contribution >= 0.6 is 11.3 Å². The Bertz CT molecular complexity index is 1040. The first-order valence-electron chi connectivity index (χ1n) is 7.68. The summed E-state index contributed by atoms with van der Waals surface area (Å²) in [6, 6.07) is 5.86. The highest BCUT2D eigenvalue weighted by Gasteiger charge is 2.17. The van der Waals surface area contributed by atoms with Crippen molar-refractivity contribution >= 4 is 34.0 Å². The lowest BCUT2D eigenvalue weighted by molar-refractivity contribution is -0.385. The van der Waals surface area contributed by atoms with Crippen LogP contribution in [0.25, 0.3) is 11.3 Å². The van der Waals surface area contributed by atoms with Gasteiger partial charge >= 0.3 is 5.97 Å². The summed E-state index contributed by atoms with van der Waals surface area (Å²) < 4.78 is 4.63. The van der Waals surface area contributed by atoms with Crippen LogP contribution in [0.15, 0.2) is 35.8 Å². The number of carbonyl (C=O) groups excluding carboxylic acids is 2. The summed E-state index contributed by atoms with van der Waals surface area (Å²) in [4.78, 5) is 41.4. The molecule has 2 heterocycles. The molecule has 9 nitrogen and oxygen atoms in total. The molecule has 1 aromatic carbocycles. The minimum atomic E-state index is -0.529. The van der Waals surface area contributed by atoms with Crippen molar-refractivity contribution in [2.75, 3.05) is 12.4 Å². The fourth-order valence-electron chi connectivity index (χ4n) is 2.35. The molecule has 0 aliphatic heterocycles. The molecule has 0 aliphatic rings. The Morgan fingerprint density at radius 3 is 2.81 bits per heavy atom. The van der Waals surface area contributed by atoms with E-state index in [4.69, 9.17) is 0 Å². The monoisotopic (exact) mass is 386 g/mol. The zero-order valence-corrected chi connectivity index (χ0v) is 15.1. The molecule has 0 atom stereocenters. The van der Waals surface area contributed by atoms with Crippen molar-refractivity contribution in [3.63, 3.8) is 0 Å². The van der Waals surface area contributed by atoms with Gasteiger partial charge in [0, 0.05) is 34.3 Å². The molecular formula is C17H14N4O5S. The highest BCUT2D eigenvalue weighted by molar-refractivity contribution is 7.14. The van der Waals surface area contributed by atoms with E-state index in [0.717, 1.165) is 0 Å². The molecule has 2 N–H and O–H groups in total. The van der Waals surface area contributed by atoms with Gasteiger partial charge in [-0.3, -0.25) is 20.2 Å². The number of esters is 1. The minimum absolute atomic E-state index is 0.120. The van der Waals surface area contributed by atoms with Gasteiger partial charge in [-0.1, -0.05) is 6.07 Å². The number of amides is 1. The van der Waals surface area contributed by atoms with E-state index in [1.165, 1.54) is 36.6 Å². The lowest BCUT2D eigenvalue weighted by Crippen LogP contribution is -2.12. The maximum atomic E-state index is 12.3. The van der Waals surface area contributed by atoms with E-state index in [0.29, 0.717) is 22.0 Å². The third-order valence-corrected chi connectivity index (χ3v) is 4.53. The molecule has 2 aromatic heterocycles. The number of nitro groups is 1. The zero-order chi connectivity index (χ0) is 19.6. The molecule has 0 aliphatic carbocycles. The third-order valence-electron chi connectivity index (χ3n) is 3.78. The number of methoxy groups -OCH3 is 1. The molecule has 3 aromatic rings. The summed E-state index contributed by atoms with van der Waals surface area (Å²) in [6.07, 6.45) is 1.61. The Morgan fingerprint density at radius 2 is 2.11 bits per heavy atom. The Balaban J connectivity index is 1.77. The van der Waals surface area contributed by atoms with E-state index < -0.39 is 16.8 Å². The number of nitro benzene ring substituents is 1. The molecule has 0 saturated heterocycles. The molecule has 138 valence electrons. The number of hydrogen-bond donors (Lipinski definition) is 2. The van der Waals surface area contributed by atoms with E-state index in [1.54, 1.807) is 24.6 Å². The van der Waals surface area contributed by atoms with Gasteiger partial charge in [0.25, 0.3) is 11.6 Å². The number of benzene rings is 1. The van der Waals surface area contributed by atoms with Crippen LogP contribution in [0.5, 0.6) is 0 Å². The second kappa shape index (κ2) is 7.38. The van der Waals surface area contributed by atoms with Gasteiger partial charge < -0.3 is 9.72 Å². The number of anilines is 1. The molecule has 0 fully saturated rings. The number of hydrogen-bond acceptors (Lipinski definition) is 7. The highest BCUT2D eigenvalue weighted by Crippen LogP contribution is 2.26. The number of aromatic amines is 1. The zero-order valence-electron chi connectivity index (χ0n) is 14.3. The second-order valence-corrected chi connectivity index (χ2v) is 6.40. The van der Waals surface area contributed by atoms with Crippen molar-refractivity contribution in [1.82, 2.24) is 9.97 Å². The summed E-state index contributed by atoms with van der Waals surface area (Å²) in [7, 11) is 1.29. The Labute approximate surface area is 157 Å². The minimum Gasteiger partial charge on any atom is -0.464 e. The molecule has 0 bridgehead atoms. The van der Waals surface area contributed by atoms with Crippen molar-refractivity contribution in [2.45, 2.75) is 6.92 Å². The maximum Gasteiger partial charge on any atom is 0.354 e. The number of ether oxygens (including phenoxy) is 1. The van der Waals surface area contributed by atoms with Crippen LogP contribution in [-0.2, 0) is 4.74 Å². The van der Waals surface area contributed by atoms with Crippen LogP contribution in [0.3, 0.4) is 0 Å². The van der Waals surface area contributed by atoms with Crippen molar-refractivity contribution in [2.24, 2.45) is 0 Å². The number of thiazole rings is 1. The number of aromatic nitrogens is 2. The van der Waals surface area contributed by atoms with Gasteiger partial charge in [0.2, 0.25) is 0 Å². The van der Waals surface area contributed by atoms with E-state index in [-0.39, 0.29) is 16.9 Å². The Morgan fingerprint density at radius 1 is 1.33 bits per heavy atom. The summed E-state index contributed by atoms with van der Waals surface area (Å²) in [5.41, 5.74) is 2.04. The number of H-pyrrole nitrogens is 1. The fraction of sp³-hybridized carbons (Fsp3) is 0.118. The van der Waals surface area contributed by atoms with E-state index in [2.05, 4.69) is 20.0 Å². The van der Waals surface area contributed by atoms with Gasteiger partial charge in [-0.05, 0) is 19.1 Å². The molecule has 0 saturated carbocycles. The van der Waals surface area contributed by atoms with Gasteiger partial charge in [0.05, 0.1) is 17.7 Å². The summed E-state index contributed by atoms with van der Waals surface area (Å²) in [5.74, 6) is -0.991. The van der Waals surface area contributed by atoms with Gasteiger partial charge in [-0.25, -0.2) is 9.78 Å². The van der Waals surface area contributed by atoms with Crippen LogP contribution < -0.4 is 5.32 Å². The largest absolute Gasteiger partial charge is 0.464 e. The van der Waals surface area contributed by atoms with Crippen LogP contribution in [0.4, 0.5) is 10.8 Å². The molecule has 0 unspecified atom stereocenters. The van der Waals surface area contributed by atoms with Crippen LogP contribution in [0.2, 0.25) is 0 Å². The van der Waals surface area contributed by atoms with E-state index in [9.17, 15) is 19.7 Å². The Hall–Kier alpha value is -3.53. The fourth-order valence-corrected chi connectivity index (χ4v) is 3.07. The van der Waals surface area contributed by atoms with Crippen LogP contribution in [0, 0.1) is 17.0 Å². The van der Waals surface area contributed by atoms with Crippen molar-refractivity contribution in [3.8, 4) is 11.3 Å². The van der Waals surface area contributed by atoms with Gasteiger partial charge in [-0.15, -0.1) is 11.3 Å². The van der Waals surface area contributed by atoms with Crippen LogP contribution in [0.1, 0.15) is 26.4 Å². The van der Waals surface area contributed by atoms with Crippen molar-refractivity contribution in [3.05, 3.63) is 62.8 Å². The van der Waals surface area contributed by atoms with Gasteiger partial charge in [0.15, 0.2) is 5.13 Å². The van der Waals surface area contributed by atoms with E-state index in [1.807, 2.05) is 0 Å². The van der Waals surface area contributed by atoms with Gasteiger partial charge in [0.1, 0.15) is 5.69 Å². The molecule has 27 heavy (non-hydrogen) atoms. The number of aryl methyl sites for hydroxylation is 1. The number of nitrogens with one attached hydrogen (secondary N) is 2. The molecule has 10 heteroatoms. The standard InChI is InChI=1S/C17H14N4O5S/c1-9-3-4-10(6-14(9)21(24)25)15(22)20-17-19-13(8-27-17)11-5-12(18-7-11)16(23)26-2/h3-8,18H,1-2H3,(H,19,20,22). The normalized spacial score (nSPS) is 10.4. The molecular weight excluding hydrogens is 372 g/mol. The number of nitrogens with zero attached hydrogens (tertiary/aromatic N) is 2. The SMILES string of the molecule is COC(=O)c1cc(-c2csc(NC(=O)c3ccc(C)c([N+](=O)[O-])c3)n2)c[nH]1. The lowest BCUT2D eigenvalue weighted by Gasteiger charge is -2.03. The van der Waals surface area contributed by atoms with Crippen LogP contribution in [-0.4, -0.2) is 33.9 Å². The second-order valence-electron chi connectivity index (χ2n) is 5.54. The predicted octanol–water partition coefficient (Wildman–Crippen LogP) is 3.39. The van der Waals surface area contributed by atoms with Gasteiger partial charge in [-0.2, -0.15) is 0 Å². The Kier molecular flexibility index (Phi) is 4.99. The molecule has 0 spiro atoms. The first kappa shape index (κ1) is 18.3. The smallest absolute Gasteiger partial charge is 0.354 e. The third kappa shape index (κ3) is 3.85. The number of carbonyl (C=O) groups is 2. The molecule has 3 rings (SSSR count). The van der Waals surface area contributed by atoms with E-state index >= 15 is 0 Å². The summed E-state index contributed by atoms with van der Waals surface area (Å²) in [5, 5.41) is 15.7. The maximum absolute atomic E-state index is 12.3. The predicted molar refractivity (Wildman–Crippen MR) is 99.0 cm³/mol. The quantitative estimate of drug-likeness (QED) is 0.393. The van der Waals surface area contributed by atoms with Crippen molar-refractivity contribution < 1.29 is 19.2 Å². The number of rotatable bonds is 5. The van der Waals surface area contributed by atoms with Crippen molar-refractivity contribution in [1.29, 1.82) is 0 Å². The average Bonchev–Trinajstić information content (AvgIpc) is 3.30. The molecule has 1 amide bonds. The first-order valence-corrected chi connectivity index (χ1v) is 8.56. The molecule has 0 radical (unpaired) electrons. The lowest BCUT2D eigenvalue weighted by atomic mass is 10.1.